The number of halogens is 1. The van der Waals surface area contributed by atoms with Crippen LogP contribution in [0.4, 0.5) is 25.4 Å². The highest BCUT2D eigenvalue weighted by Crippen LogP contribution is 2.56. The third kappa shape index (κ3) is 11.4. The first-order chi connectivity index (χ1) is 42.8. The number of primary amides is 2. The van der Waals surface area contributed by atoms with E-state index in [4.69, 9.17) is 20.9 Å². The molecule has 0 radical (unpaired) electrons. The Morgan fingerprint density at radius 1 is 0.626 bits per heavy atom. The van der Waals surface area contributed by atoms with Crippen LogP contribution in [0.2, 0.25) is 0 Å². The Labute approximate surface area is 522 Å². The van der Waals surface area contributed by atoms with E-state index in [0.29, 0.717) is 28.3 Å². The number of para-hydroxylation sites is 1. The van der Waals surface area contributed by atoms with E-state index in [9.17, 15) is 83.6 Å². The number of Topliss-reactive ketones (excluding diaryl/α,β-unsaturated/α-hetero) is 4. The van der Waals surface area contributed by atoms with Crippen LogP contribution in [0.25, 0.3) is 11.5 Å². The molecule has 91 heavy (non-hydrogen) atoms. The molecule has 0 saturated heterocycles. The van der Waals surface area contributed by atoms with Gasteiger partial charge in [0.05, 0.1) is 36.3 Å². The molecule has 3 aromatic carbocycles. The zero-order valence-corrected chi connectivity index (χ0v) is 51.5. The maximum atomic E-state index is 14.2. The SMILES string of the molecule is C=CCN(Cc1cc(N(C)C)c2c(c1O)C(O)=C1C(=O)[C@]3(O)C(O)=C(C(N)=O)C(=O)[C@@H](N(C)C)[C@@H]3C[C@@H]1C2)C(=O)OCCF.C=CCN(Cc1cc(N(C)C)c2c(c1O)C(O)=C1C(=O)[C@]3(O)C(O)=C(C(N)=O)C(=O)[C@@H](N(C)C)[C@@H]3C[C@@H]1C2)C(=O)Oc1ccccc1. The van der Waals surface area contributed by atoms with Gasteiger partial charge in [-0.15, -0.1) is 13.2 Å². The minimum absolute atomic E-state index is 0.0133. The lowest BCUT2D eigenvalue weighted by molar-refractivity contribution is -0.155. The van der Waals surface area contributed by atoms with Gasteiger partial charge < -0.3 is 76.5 Å². The number of anilines is 2. The Hall–Kier alpha value is -9.57. The van der Waals surface area contributed by atoms with E-state index < -0.39 is 153 Å². The Balaban J connectivity index is 0.000000235. The van der Waals surface area contributed by atoms with Crippen LogP contribution in [-0.2, 0) is 59.4 Å². The lowest BCUT2D eigenvalue weighted by atomic mass is 9.57. The van der Waals surface area contributed by atoms with E-state index >= 15 is 0 Å². The summed E-state index contributed by atoms with van der Waals surface area (Å²) in [5.41, 5.74) is 5.24. The fourth-order valence-electron chi connectivity index (χ4n) is 13.7. The minimum Gasteiger partial charge on any atom is -0.508 e. The quantitative estimate of drug-likeness (QED) is 0.0684. The summed E-state index contributed by atoms with van der Waals surface area (Å²) in [4.78, 5) is 114. The van der Waals surface area contributed by atoms with Crippen LogP contribution in [0, 0.1) is 23.7 Å². The van der Waals surface area contributed by atoms with Crippen LogP contribution >= 0.6 is 0 Å². The molecule has 4 amide bonds. The number of benzene rings is 3. The van der Waals surface area contributed by atoms with E-state index in [1.807, 2.05) is 0 Å². The molecule has 0 aliphatic heterocycles. The number of amides is 4. The van der Waals surface area contributed by atoms with Gasteiger partial charge in [-0.25, -0.2) is 14.0 Å². The smallest absolute Gasteiger partial charge is 0.415 e. The summed E-state index contributed by atoms with van der Waals surface area (Å²) < 4.78 is 23.0. The molecule has 6 aliphatic rings. The summed E-state index contributed by atoms with van der Waals surface area (Å²) in [6, 6.07) is 9.37. The van der Waals surface area contributed by atoms with Crippen molar-refractivity contribution in [1.82, 2.24) is 19.6 Å². The highest BCUT2D eigenvalue weighted by molar-refractivity contribution is 6.26. The first-order valence-corrected chi connectivity index (χ1v) is 28.9. The third-order valence-corrected chi connectivity index (χ3v) is 17.7. The molecule has 0 unspecified atom stereocenters. The zero-order chi connectivity index (χ0) is 67.4. The van der Waals surface area contributed by atoms with E-state index in [0.717, 1.165) is 4.90 Å². The Morgan fingerprint density at radius 3 is 1.35 bits per heavy atom. The fourth-order valence-corrected chi connectivity index (χ4v) is 13.7. The molecule has 486 valence electrons. The zero-order valence-electron chi connectivity index (χ0n) is 51.5. The number of nitrogens with zero attached hydrogens (tertiary/aromatic N) is 6. The number of aliphatic hydroxyl groups is 6. The summed E-state index contributed by atoms with van der Waals surface area (Å²) in [5, 5.41) is 92.3. The van der Waals surface area contributed by atoms with E-state index in [-0.39, 0.29) is 85.3 Å². The number of phenols is 2. The van der Waals surface area contributed by atoms with Crippen molar-refractivity contribution in [3.05, 3.63) is 135 Å². The molecule has 6 aliphatic carbocycles. The Kier molecular flexibility index (Phi) is 19.0. The van der Waals surface area contributed by atoms with E-state index in [1.54, 1.807) is 94.6 Å². The second kappa shape index (κ2) is 25.7. The number of hydrogen-bond donors (Lipinski definition) is 10. The number of likely N-dealkylation sites (N-methyl/N-ethyl adjacent to an activating group) is 2. The molecule has 0 bridgehead atoms. The van der Waals surface area contributed by atoms with Crippen molar-refractivity contribution in [2.45, 2.75) is 62.1 Å². The monoisotopic (exact) mass is 1260 g/mol. The van der Waals surface area contributed by atoms with Gasteiger partial charge in [0.15, 0.2) is 22.8 Å². The molecule has 26 nitrogen and oxygen atoms in total. The van der Waals surface area contributed by atoms with Crippen LogP contribution in [0.1, 0.15) is 46.2 Å². The van der Waals surface area contributed by atoms with Gasteiger partial charge in [0.1, 0.15) is 64.7 Å². The largest absolute Gasteiger partial charge is 0.508 e. The molecule has 0 spiro atoms. The van der Waals surface area contributed by atoms with Gasteiger partial charge in [0.2, 0.25) is 11.6 Å². The third-order valence-electron chi connectivity index (χ3n) is 17.7. The van der Waals surface area contributed by atoms with Crippen molar-refractivity contribution in [2.75, 3.05) is 92.6 Å². The molecule has 27 heteroatoms. The summed E-state index contributed by atoms with van der Waals surface area (Å²) in [7, 11) is 13.1. The second-order valence-electron chi connectivity index (χ2n) is 24.0. The van der Waals surface area contributed by atoms with E-state index in [1.165, 1.54) is 40.9 Å². The molecule has 3 aromatic rings. The van der Waals surface area contributed by atoms with Crippen LogP contribution < -0.4 is 26.0 Å². The molecule has 0 heterocycles. The average Bonchev–Trinajstić information content (AvgIpc) is 0.710. The van der Waals surface area contributed by atoms with Gasteiger partial charge in [-0.3, -0.25) is 43.5 Å². The molecular weight excluding hydrogens is 1190 g/mol. The molecule has 8 atom stereocenters. The predicted octanol–water partition coefficient (Wildman–Crippen LogP) is 3.34. The fraction of sp³-hybridized carbons (Fsp3) is 0.406. The molecule has 2 saturated carbocycles. The maximum absolute atomic E-state index is 14.2. The predicted molar refractivity (Wildman–Crippen MR) is 328 cm³/mol. The standard InChI is InChI=1S/C34H38N4O9.C30H37FN4O9/c1-6-12-38(33(45)47-19-10-8-7-9-11-19)16-18-15-22(36(2)3)20-13-17-14-21-26(37(4)5)29(41)25(32(35)44)31(43)34(21,46)30(42)23(17)28(40)24(20)27(18)39;1-6-8-35(29(42)44-9-7-31)13-15-12-18(33(2)3)16-10-14-11-17-22(34(4)5)25(38)21(28(32)41)27(40)30(17,43)26(39)19(14)24(37)20(16)23(15)36/h6-11,15,17,21,26,39-40,43,46H,1,12-14,16H2,2-5H3,(H2,35,44);6,12,14,17,22,36-37,40,43H,1,7-11,13H2,2-5H3,(H2,32,41)/t17-,21-,26-,34-;14-,17-,22-,30-/m00/s1. The van der Waals surface area contributed by atoms with Gasteiger partial charge in [0.25, 0.3) is 11.8 Å². The Bertz CT molecular complexity index is 3720. The number of aromatic hydroxyl groups is 2. The normalized spacial score (nSPS) is 24.0. The van der Waals surface area contributed by atoms with Gasteiger partial charge in [0, 0.05) is 86.8 Å². The van der Waals surface area contributed by atoms with Crippen molar-refractivity contribution in [3.8, 4) is 17.2 Å². The minimum atomic E-state index is -2.76. The first-order valence-electron chi connectivity index (χ1n) is 28.9. The van der Waals surface area contributed by atoms with Crippen molar-refractivity contribution in [1.29, 1.82) is 0 Å². The maximum Gasteiger partial charge on any atom is 0.415 e. The first kappa shape index (κ1) is 67.4. The number of alkyl halides is 1. The molecular formula is C64H75FN8O18. The number of ketones is 4. The number of fused-ring (bicyclic) bond motifs is 6. The highest BCUT2D eigenvalue weighted by Gasteiger charge is 2.66. The van der Waals surface area contributed by atoms with Crippen molar-refractivity contribution < 1.29 is 93.1 Å². The van der Waals surface area contributed by atoms with Gasteiger partial charge in [-0.2, -0.15) is 0 Å². The van der Waals surface area contributed by atoms with Crippen LogP contribution in [0.15, 0.2) is 102 Å². The molecule has 2 fully saturated rings. The Morgan fingerprint density at radius 2 is 1.01 bits per heavy atom. The van der Waals surface area contributed by atoms with Crippen molar-refractivity contribution >= 4 is 70.0 Å². The van der Waals surface area contributed by atoms with Crippen molar-refractivity contribution in [3.63, 3.8) is 0 Å². The number of rotatable bonds is 17. The number of carbonyl (C=O) groups is 8. The van der Waals surface area contributed by atoms with Crippen LogP contribution in [0.5, 0.6) is 17.2 Å². The van der Waals surface area contributed by atoms with Gasteiger partial charge in [-0.1, -0.05) is 30.4 Å². The number of nitrogens with two attached hydrogens (primary N) is 2. The lowest BCUT2D eigenvalue weighted by Gasteiger charge is -2.50. The number of phenolic OH excluding ortho intramolecular Hbond substituents is 2. The molecule has 9 rings (SSSR count). The summed E-state index contributed by atoms with van der Waals surface area (Å²) in [6.07, 6.45) is 1.48. The van der Waals surface area contributed by atoms with Crippen LogP contribution in [0.3, 0.4) is 0 Å². The van der Waals surface area contributed by atoms with Gasteiger partial charge >= 0.3 is 12.2 Å². The van der Waals surface area contributed by atoms with Crippen LogP contribution in [-0.4, -0.2) is 214 Å². The summed E-state index contributed by atoms with van der Waals surface area (Å²) in [5.74, 6) is -14.5. The second-order valence-corrected chi connectivity index (χ2v) is 24.0. The number of carbonyl (C=O) groups excluding carboxylic acids is 8. The summed E-state index contributed by atoms with van der Waals surface area (Å²) in [6.45, 7) is 5.61. The summed E-state index contributed by atoms with van der Waals surface area (Å²) >= 11 is 0. The number of aliphatic hydroxyl groups excluding tert-OH is 4. The topological polar surface area (TPSA) is 388 Å². The highest BCUT2D eigenvalue weighted by atomic mass is 19.1. The van der Waals surface area contributed by atoms with E-state index in [2.05, 4.69) is 13.2 Å². The molecule has 12 N–H and O–H groups in total. The van der Waals surface area contributed by atoms with Gasteiger partial charge in [-0.05, 0) is 101 Å². The number of hydrogen-bond acceptors (Lipinski definition) is 22. The molecule has 0 aromatic heterocycles. The average molecular weight is 1260 g/mol. The lowest BCUT2D eigenvalue weighted by Crippen LogP contribution is -2.65. The van der Waals surface area contributed by atoms with Crippen molar-refractivity contribution in [2.24, 2.45) is 35.1 Å². The number of ether oxygens (including phenoxy) is 2.